The number of rotatable bonds is 1. The van der Waals surface area contributed by atoms with Crippen LogP contribution in [0.1, 0.15) is 12.5 Å². The molecular weight excluding hydrogens is 194 g/mol. The fourth-order valence-electron chi connectivity index (χ4n) is 0.944. The van der Waals surface area contributed by atoms with Crippen LogP contribution in [0.2, 0.25) is 0 Å². The number of amides is 3. The summed E-state index contributed by atoms with van der Waals surface area (Å²) in [5.41, 5.74) is 6.16. The van der Waals surface area contributed by atoms with Crippen molar-refractivity contribution in [3.63, 3.8) is 0 Å². The molecule has 3 N–H and O–H groups in total. The first-order valence-electron chi connectivity index (χ1n) is 4.48. The zero-order valence-electron chi connectivity index (χ0n) is 8.63. The molecule has 0 fully saturated rings. The lowest BCUT2D eigenvalue weighted by Crippen LogP contribution is -2.42. The predicted molar refractivity (Wildman–Crippen MR) is 57.2 cm³/mol. The van der Waals surface area contributed by atoms with Crippen LogP contribution in [0.4, 0.5) is 10.5 Å². The van der Waals surface area contributed by atoms with Crippen molar-refractivity contribution in [3.8, 4) is 0 Å². The van der Waals surface area contributed by atoms with Gasteiger partial charge in [0.15, 0.2) is 0 Å². The average Bonchev–Trinajstić information content (AvgIpc) is 2.19. The van der Waals surface area contributed by atoms with E-state index in [9.17, 15) is 9.59 Å². The van der Waals surface area contributed by atoms with Gasteiger partial charge in [0.25, 0.3) is 0 Å². The zero-order chi connectivity index (χ0) is 11.3. The van der Waals surface area contributed by atoms with Crippen molar-refractivity contribution < 1.29 is 9.59 Å². The molecule has 15 heavy (non-hydrogen) atoms. The standard InChI is InChI=1S/C10H13N3O2/c1-7-3-5-9(6-4-7)11-10(15)13-12-8(2)14/h3-6H,1-2H3,(H,12,14)(H2,11,13,15). The monoisotopic (exact) mass is 207 g/mol. The Balaban J connectivity index is 2.44. The van der Waals surface area contributed by atoms with Crippen molar-refractivity contribution in [2.24, 2.45) is 0 Å². The maximum absolute atomic E-state index is 11.2. The largest absolute Gasteiger partial charge is 0.337 e. The van der Waals surface area contributed by atoms with E-state index in [2.05, 4.69) is 16.2 Å². The van der Waals surface area contributed by atoms with Gasteiger partial charge in [-0.25, -0.2) is 10.2 Å². The minimum Gasteiger partial charge on any atom is -0.307 e. The Morgan fingerprint density at radius 1 is 1.07 bits per heavy atom. The van der Waals surface area contributed by atoms with Crippen LogP contribution < -0.4 is 16.2 Å². The maximum atomic E-state index is 11.2. The fourth-order valence-corrected chi connectivity index (χ4v) is 0.944. The average molecular weight is 207 g/mol. The van der Waals surface area contributed by atoms with Gasteiger partial charge in [-0.3, -0.25) is 10.2 Å². The Kier molecular flexibility index (Phi) is 3.68. The van der Waals surface area contributed by atoms with Crippen LogP contribution in [0, 0.1) is 6.92 Å². The predicted octanol–water partition coefficient (Wildman–Crippen LogP) is 1.17. The molecule has 0 saturated carbocycles. The molecule has 1 aromatic rings. The minimum atomic E-state index is -0.478. The summed E-state index contributed by atoms with van der Waals surface area (Å²) in [4.78, 5) is 21.7. The van der Waals surface area contributed by atoms with E-state index in [0.717, 1.165) is 5.56 Å². The van der Waals surface area contributed by atoms with E-state index in [-0.39, 0.29) is 5.91 Å². The Hall–Kier alpha value is -2.04. The van der Waals surface area contributed by atoms with E-state index < -0.39 is 6.03 Å². The summed E-state index contributed by atoms with van der Waals surface area (Å²) >= 11 is 0. The van der Waals surface area contributed by atoms with E-state index in [1.165, 1.54) is 6.92 Å². The van der Waals surface area contributed by atoms with Crippen LogP contribution in [0.15, 0.2) is 24.3 Å². The summed E-state index contributed by atoms with van der Waals surface area (Å²) in [7, 11) is 0. The van der Waals surface area contributed by atoms with Gasteiger partial charge in [0.2, 0.25) is 5.91 Å². The Bertz CT molecular complexity index is 359. The molecule has 0 radical (unpaired) electrons. The van der Waals surface area contributed by atoms with Gasteiger partial charge in [-0.2, -0.15) is 0 Å². The summed E-state index contributed by atoms with van der Waals surface area (Å²) in [6.07, 6.45) is 0. The summed E-state index contributed by atoms with van der Waals surface area (Å²) in [6.45, 7) is 3.27. The topological polar surface area (TPSA) is 70.2 Å². The summed E-state index contributed by atoms with van der Waals surface area (Å²) < 4.78 is 0. The summed E-state index contributed by atoms with van der Waals surface area (Å²) in [5, 5.41) is 2.56. The highest BCUT2D eigenvalue weighted by Crippen LogP contribution is 2.07. The number of hydrazine groups is 1. The lowest BCUT2D eigenvalue weighted by Gasteiger charge is -2.07. The van der Waals surface area contributed by atoms with E-state index in [1.54, 1.807) is 12.1 Å². The molecular formula is C10H13N3O2. The second kappa shape index (κ2) is 4.99. The number of hydrogen-bond donors (Lipinski definition) is 3. The Morgan fingerprint density at radius 3 is 2.20 bits per heavy atom. The van der Waals surface area contributed by atoms with Crippen molar-refractivity contribution in [2.75, 3.05) is 5.32 Å². The van der Waals surface area contributed by atoms with Crippen molar-refractivity contribution in [3.05, 3.63) is 29.8 Å². The smallest absolute Gasteiger partial charge is 0.307 e. The molecule has 0 aromatic heterocycles. The molecule has 0 heterocycles. The number of carbonyl (C=O) groups excluding carboxylic acids is 2. The van der Waals surface area contributed by atoms with Gasteiger partial charge in [-0.05, 0) is 19.1 Å². The highest BCUT2D eigenvalue weighted by Gasteiger charge is 2.00. The molecule has 1 aromatic carbocycles. The quantitative estimate of drug-likeness (QED) is 0.605. The highest BCUT2D eigenvalue weighted by molar-refractivity contribution is 5.90. The molecule has 5 nitrogen and oxygen atoms in total. The first-order chi connectivity index (χ1) is 7.08. The van der Waals surface area contributed by atoms with Gasteiger partial charge < -0.3 is 5.32 Å². The lowest BCUT2D eigenvalue weighted by molar-refractivity contribution is -0.119. The van der Waals surface area contributed by atoms with Crippen molar-refractivity contribution >= 4 is 17.6 Å². The summed E-state index contributed by atoms with van der Waals surface area (Å²) in [5.74, 6) is -0.325. The van der Waals surface area contributed by atoms with Gasteiger partial charge >= 0.3 is 6.03 Å². The molecule has 80 valence electrons. The molecule has 0 unspecified atom stereocenters. The van der Waals surface area contributed by atoms with Gasteiger partial charge in [0.1, 0.15) is 0 Å². The van der Waals surface area contributed by atoms with Crippen molar-refractivity contribution in [1.82, 2.24) is 10.9 Å². The number of carbonyl (C=O) groups is 2. The van der Waals surface area contributed by atoms with Crippen molar-refractivity contribution in [2.45, 2.75) is 13.8 Å². The van der Waals surface area contributed by atoms with Crippen molar-refractivity contribution in [1.29, 1.82) is 0 Å². The second-order valence-electron chi connectivity index (χ2n) is 3.13. The Morgan fingerprint density at radius 2 is 1.67 bits per heavy atom. The van der Waals surface area contributed by atoms with E-state index >= 15 is 0 Å². The third-order valence-electron chi connectivity index (χ3n) is 1.66. The number of hydrogen-bond acceptors (Lipinski definition) is 2. The number of urea groups is 1. The number of benzene rings is 1. The first-order valence-corrected chi connectivity index (χ1v) is 4.48. The molecule has 0 saturated heterocycles. The van der Waals surface area contributed by atoms with Gasteiger partial charge in [-0.15, -0.1) is 0 Å². The zero-order valence-corrected chi connectivity index (χ0v) is 8.63. The van der Waals surface area contributed by atoms with Crippen LogP contribution in [-0.4, -0.2) is 11.9 Å². The third kappa shape index (κ3) is 4.12. The number of aryl methyl sites for hydroxylation is 1. The van der Waals surface area contributed by atoms with E-state index in [4.69, 9.17) is 0 Å². The van der Waals surface area contributed by atoms with Gasteiger partial charge in [0, 0.05) is 12.6 Å². The molecule has 1 rings (SSSR count). The van der Waals surface area contributed by atoms with E-state index in [0.29, 0.717) is 5.69 Å². The van der Waals surface area contributed by atoms with Crippen LogP contribution in [0.5, 0.6) is 0 Å². The number of nitrogens with one attached hydrogen (secondary N) is 3. The first kappa shape index (κ1) is 11.0. The molecule has 0 atom stereocenters. The Labute approximate surface area is 87.8 Å². The maximum Gasteiger partial charge on any atom is 0.337 e. The fraction of sp³-hybridized carbons (Fsp3) is 0.200. The SMILES string of the molecule is CC(=O)NNC(=O)Nc1ccc(C)cc1. The minimum absolute atomic E-state index is 0.325. The normalized spacial score (nSPS) is 9.20. The molecule has 0 aliphatic rings. The molecule has 0 bridgehead atoms. The van der Waals surface area contributed by atoms with Gasteiger partial charge in [0.05, 0.1) is 0 Å². The molecule has 0 spiro atoms. The van der Waals surface area contributed by atoms with E-state index in [1.807, 2.05) is 19.1 Å². The molecule has 3 amide bonds. The number of anilines is 1. The van der Waals surface area contributed by atoms with Gasteiger partial charge in [-0.1, -0.05) is 17.7 Å². The van der Waals surface area contributed by atoms with Crippen LogP contribution in [0.3, 0.4) is 0 Å². The van der Waals surface area contributed by atoms with Crippen LogP contribution in [0.25, 0.3) is 0 Å². The van der Waals surface area contributed by atoms with Crippen LogP contribution >= 0.6 is 0 Å². The van der Waals surface area contributed by atoms with Crippen LogP contribution in [-0.2, 0) is 4.79 Å². The second-order valence-corrected chi connectivity index (χ2v) is 3.13. The third-order valence-corrected chi connectivity index (χ3v) is 1.66. The summed E-state index contributed by atoms with van der Waals surface area (Å²) in [6, 6.07) is 6.85. The molecule has 0 aliphatic heterocycles. The molecule has 0 aliphatic carbocycles. The molecule has 5 heteroatoms. The lowest BCUT2D eigenvalue weighted by atomic mass is 10.2. The highest BCUT2D eigenvalue weighted by atomic mass is 16.2.